The number of amides is 2. The van der Waals surface area contributed by atoms with E-state index in [9.17, 15) is 14.0 Å². The van der Waals surface area contributed by atoms with Crippen molar-refractivity contribution in [2.75, 3.05) is 5.32 Å². The maximum absolute atomic E-state index is 13.2. The molecule has 2 amide bonds. The topological polar surface area (TPSA) is 65.2 Å². The molecule has 0 bridgehead atoms. The predicted octanol–water partition coefficient (Wildman–Crippen LogP) is 5.52. The summed E-state index contributed by atoms with van der Waals surface area (Å²) in [4.78, 5) is 30.5. The second-order valence-electron chi connectivity index (χ2n) is 7.87. The number of pyridine rings is 1. The lowest BCUT2D eigenvalue weighted by Gasteiger charge is -2.23. The van der Waals surface area contributed by atoms with Crippen molar-refractivity contribution in [1.29, 1.82) is 0 Å². The smallest absolute Gasteiger partial charge is 0.321 e. The summed E-state index contributed by atoms with van der Waals surface area (Å²) in [6.45, 7) is 4.42. The van der Waals surface area contributed by atoms with E-state index in [2.05, 4.69) is 10.3 Å². The maximum atomic E-state index is 13.2. The number of benzene rings is 3. The fourth-order valence-electron chi connectivity index (χ4n) is 3.63. The third kappa shape index (κ3) is 4.70. The van der Waals surface area contributed by atoms with Crippen molar-refractivity contribution in [3.8, 4) is 0 Å². The molecule has 0 fully saturated rings. The Labute approximate surface area is 185 Å². The first kappa shape index (κ1) is 21.3. The number of rotatable bonds is 5. The Balaban J connectivity index is 1.66. The van der Waals surface area contributed by atoms with Gasteiger partial charge in [0.15, 0.2) is 0 Å². The van der Waals surface area contributed by atoms with Crippen LogP contribution in [0.4, 0.5) is 14.9 Å². The number of fused-ring (bicyclic) bond motifs is 1. The number of urea groups is 1. The molecule has 0 radical (unpaired) electrons. The molecule has 3 aromatic carbocycles. The zero-order chi connectivity index (χ0) is 22.7. The van der Waals surface area contributed by atoms with Crippen LogP contribution in [-0.2, 0) is 13.1 Å². The Morgan fingerprint density at radius 1 is 0.969 bits per heavy atom. The van der Waals surface area contributed by atoms with E-state index in [1.807, 2.05) is 62.4 Å². The summed E-state index contributed by atoms with van der Waals surface area (Å²) >= 11 is 0. The van der Waals surface area contributed by atoms with Gasteiger partial charge >= 0.3 is 6.03 Å². The van der Waals surface area contributed by atoms with Crippen LogP contribution in [0.1, 0.15) is 22.3 Å². The third-order valence-electron chi connectivity index (χ3n) is 5.59. The van der Waals surface area contributed by atoms with Gasteiger partial charge in [-0.15, -0.1) is 0 Å². The monoisotopic (exact) mass is 429 g/mol. The van der Waals surface area contributed by atoms with Crippen LogP contribution in [0.2, 0.25) is 0 Å². The molecule has 1 heterocycles. The third-order valence-corrected chi connectivity index (χ3v) is 5.59. The van der Waals surface area contributed by atoms with E-state index in [-0.39, 0.29) is 24.0 Å². The van der Waals surface area contributed by atoms with Gasteiger partial charge < -0.3 is 15.2 Å². The summed E-state index contributed by atoms with van der Waals surface area (Å²) < 4.78 is 13.2. The minimum atomic E-state index is -0.377. The molecule has 0 aliphatic heterocycles. The van der Waals surface area contributed by atoms with Gasteiger partial charge in [0.25, 0.3) is 5.56 Å². The van der Waals surface area contributed by atoms with Crippen molar-refractivity contribution in [1.82, 2.24) is 9.88 Å². The second kappa shape index (κ2) is 9.06. The first-order valence-corrected chi connectivity index (χ1v) is 10.4. The molecular formula is C26H24FN3O2. The molecule has 2 N–H and O–H groups in total. The zero-order valence-electron chi connectivity index (χ0n) is 18.0. The van der Waals surface area contributed by atoms with E-state index in [0.29, 0.717) is 17.8 Å². The van der Waals surface area contributed by atoms with Crippen LogP contribution in [0.3, 0.4) is 0 Å². The predicted molar refractivity (Wildman–Crippen MR) is 125 cm³/mol. The fraction of sp³-hybridized carbons (Fsp3) is 0.154. The first-order chi connectivity index (χ1) is 15.4. The Hall–Kier alpha value is -3.93. The highest BCUT2D eigenvalue weighted by atomic mass is 19.1. The number of H-pyrrole nitrogens is 1. The molecule has 0 saturated carbocycles. The van der Waals surface area contributed by atoms with Crippen LogP contribution in [0.15, 0.2) is 77.6 Å². The van der Waals surface area contributed by atoms with Gasteiger partial charge in [-0.3, -0.25) is 4.79 Å². The highest BCUT2D eigenvalue weighted by Crippen LogP contribution is 2.20. The summed E-state index contributed by atoms with van der Waals surface area (Å²) in [5, 5.41) is 3.71. The number of aromatic nitrogens is 1. The molecule has 6 heteroatoms. The number of hydrogen-bond donors (Lipinski definition) is 2. The number of nitrogens with one attached hydrogen (secondary N) is 2. The van der Waals surface area contributed by atoms with Gasteiger partial charge in [0.2, 0.25) is 0 Å². The van der Waals surface area contributed by atoms with Crippen molar-refractivity contribution in [3.05, 3.63) is 111 Å². The average molecular weight is 429 g/mol. The molecule has 0 saturated heterocycles. The lowest BCUT2D eigenvalue weighted by atomic mass is 10.0. The van der Waals surface area contributed by atoms with Crippen molar-refractivity contribution >= 4 is 22.6 Å². The molecule has 0 unspecified atom stereocenters. The van der Waals surface area contributed by atoms with E-state index in [4.69, 9.17) is 0 Å². The number of carbonyl (C=O) groups is 1. The van der Waals surface area contributed by atoms with Gasteiger partial charge in [-0.2, -0.15) is 0 Å². The van der Waals surface area contributed by atoms with E-state index in [1.54, 1.807) is 4.90 Å². The highest BCUT2D eigenvalue weighted by molar-refractivity contribution is 5.89. The normalized spacial score (nSPS) is 10.8. The summed E-state index contributed by atoms with van der Waals surface area (Å²) in [7, 11) is 0. The number of carbonyl (C=O) groups excluding carboxylic acids is 1. The zero-order valence-corrected chi connectivity index (χ0v) is 18.0. The van der Waals surface area contributed by atoms with E-state index in [1.165, 1.54) is 24.3 Å². The summed E-state index contributed by atoms with van der Waals surface area (Å²) in [6, 6.07) is 20.6. The summed E-state index contributed by atoms with van der Waals surface area (Å²) in [5.41, 5.74) is 4.62. The van der Waals surface area contributed by atoms with Gasteiger partial charge in [-0.05, 0) is 66.3 Å². The Bertz CT molecular complexity index is 1310. The minimum absolute atomic E-state index is 0.125. The minimum Gasteiger partial charge on any atom is -0.321 e. The molecule has 0 aliphatic rings. The summed E-state index contributed by atoms with van der Waals surface area (Å²) in [6.07, 6.45) is 0. The Kier molecular flexibility index (Phi) is 6.03. The van der Waals surface area contributed by atoms with Crippen LogP contribution in [-0.4, -0.2) is 15.9 Å². The molecule has 5 nitrogen and oxygen atoms in total. The molecule has 4 rings (SSSR count). The summed E-state index contributed by atoms with van der Waals surface area (Å²) in [5.74, 6) is -0.377. The quantitative estimate of drug-likeness (QED) is 0.439. The van der Waals surface area contributed by atoms with Gasteiger partial charge in [-0.25, -0.2) is 9.18 Å². The number of hydrogen-bond acceptors (Lipinski definition) is 2. The van der Waals surface area contributed by atoms with Crippen LogP contribution in [0.25, 0.3) is 10.9 Å². The van der Waals surface area contributed by atoms with Gasteiger partial charge in [-0.1, -0.05) is 42.5 Å². The van der Waals surface area contributed by atoms with Crippen LogP contribution < -0.4 is 10.9 Å². The molecule has 32 heavy (non-hydrogen) atoms. The van der Waals surface area contributed by atoms with Gasteiger partial charge in [0.1, 0.15) is 5.82 Å². The van der Waals surface area contributed by atoms with E-state index < -0.39 is 0 Å². The molecular weight excluding hydrogens is 405 g/mol. The Morgan fingerprint density at radius 3 is 2.41 bits per heavy atom. The van der Waals surface area contributed by atoms with Crippen molar-refractivity contribution in [2.24, 2.45) is 0 Å². The van der Waals surface area contributed by atoms with Crippen LogP contribution >= 0.6 is 0 Å². The van der Waals surface area contributed by atoms with Crippen LogP contribution in [0, 0.1) is 19.7 Å². The number of halogens is 1. The largest absolute Gasteiger partial charge is 0.322 e. The van der Waals surface area contributed by atoms with E-state index in [0.717, 1.165) is 27.6 Å². The average Bonchev–Trinajstić information content (AvgIpc) is 2.79. The lowest BCUT2D eigenvalue weighted by Crippen LogP contribution is -2.35. The second-order valence-corrected chi connectivity index (χ2v) is 7.87. The van der Waals surface area contributed by atoms with Crippen molar-refractivity contribution in [2.45, 2.75) is 26.9 Å². The fourth-order valence-corrected chi connectivity index (χ4v) is 3.63. The molecule has 4 aromatic rings. The molecule has 0 spiro atoms. The van der Waals surface area contributed by atoms with Crippen LogP contribution in [0.5, 0.6) is 0 Å². The number of anilines is 1. The van der Waals surface area contributed by atoms with Gasteiger partial charge in [0.05, 0.1) is 12.1 Å². The number of aromatic amines is 1. The Morgan fingerprint density at radius 2 is 1.69 bits per heavy atom. The molecule has 1 aromatic heterocycles. The molecule has 162 valence electrons. The van der Waals surface area contributed by atoms with Crippen molar-refractivity contribution < 1.29 is 9.18 Å². The van der Waals surface area contributed by atoms with E-state index >= 15 is 0 Å². The standard InChI is InChI=1S/C26H24FN3O2/c1-17-8-9-20-14-21(25(31)29-24(20)18(17)2)16-30(15-19-6-4-3-5-7-19)26(32)28-23-12-10-22(27)11-13-23/h3-14H,15-16H2,1-2H3,(H,28,32)(H,29,31). The molecule has 0 aliphatic carbocycles. The van der Waals surface area contributed by atoms with Gasteiger partial charge in [0, 0.05) is 17.8 Å². The number of aryl methyl sites for hydroxylation is 2. The number of nitrogens with zero attached hydrogens (tertiary/aromatic N) is 1. The highest BCUT2D eigenvalue weighted by Gasteiger charge is 2.17. The first-order valence-electron chi connectivity index (χ1n) is 10.4. The van der Waals surface area contributed by atoms with Crippen molar-refractivity contribution in [3.63, 3.8) is 0 Å². The lowest BCUT2D eigenvalue weighted by molar-refractivity contribution is 0.206. The SMILES string of the molecule is Cc1ccc2cc(CN(Cc3ccccc3)C(=O)Nc3ccc(F)cc3)c(=O)[nH]c2c1C. The molecule has 0 atom stereocenters. The maximum Gasteiger partial charge on any atom is 0.322 e.